The van der Waals surface area contributed by atoms with Crippen LogP contribution in [0.1, 0.15) is 11.1 Å². The Labute approximate surface area is 120 Å². The Kier molecular flexibility index (Phi) is 4.23. The van der Waals surface area contributed by atoms with E-state index in [1.807, 2.05) is 0 Å². The second-order valence-corrected chi connectivity index (χ2v) is 4.88. The molecule has 1 aromatic rings. The van der Waals surface area contributed by atoms with E-state index in [2.05, 4.69) is 6.58 Å². The van der Waals surface area contributed by atoms with Crippen molar-refractivity contribution in [2.45, 2.75) is 13.3 Å². The lowest BCUT2D eigenvalue weighted by Crippen LogP contribution is -2.28. The van der Waals surface area contributed by atoms with Crippen LogP contribution in [-0.4, -0.2) is 17.9 Å². The first kappa shape index (κ1) is 14.7. The highest BCUT2D eigenvalue weighted by molar-refractivity contribution is 6.32. The summed E-state index contributed by atoms with van der Waals surface area (Å²) in [5.41, 5.74) is 2.19. The highest BCUT2D eigenvalue weighted by Crippen LogP contribution is 2.34. The molecule has 0 aromatic heterocycles. The van der Waals surface area contributed by atoms with Crippen molar-refractivity contribution in [2.75, 3.05) is 6.54 Å². The van der Waals surface area contributed by atoms with Crippen LogP contribution < -0.4 is 0 Å². The number of halogens is 4. The zero-order valence-corrected chi connectivity index (χ0v) is 11.6. The topological polar surface area (TPSA) is 3.24 Å². The molecule has 0 radical (unpaired) electrons. The summed E-state index contributed by atoms with van der Waals surface area (Å²) in [6.07, 6.45) is 0.711. The minimum absolute atomic E-state index is 0.313. The Morgan fingerprint density at radius 2 is 2.00 bits per heavy atom. The second kappa shape index (κ2) is 5.75. The fourth-order valence-electron chi connectivity index (χ4n) is 2.11. The molecule has 1 nitrogen and oxygen atoms in total. The van der Waals surface area contributed by atoms with Crippen LogP contribution in [0.2, 0.25) is 0 Å². The van der Waals surface area contributed by atoms with Gasteiger partial charge < -0.3 is 4.90 Å². The molecule has 1 aromatic carbocycles. The van der Waals surface area contributed by atoms with Gasteiger partial charge >= 0.3 is 0 Å². The third-order valence-electron chi connectivity index (χ3n) is 3.06. The summed E-state index contributed by atoms with van der Waals surface area (Å²) >= 11 is 5.93. The van der Waals surface area contributed by atoms with Crippen LogP contribution in [-0.2, 0) is 0 Å². The van der Waals surface area contributed by atoms with Crippen molar-refractivity contribution < 1.29 is 13.2 Å². The molecule has 0 amide bonds. The predicted molar refractivity (Wildman–Crippen MR) is 74.9 cm³/mol. The van der Waals surface area contributed by atoms with Crippen molar-refractivity contribution in [3.8, 4) is 0 Å². The van der Waals surface area contributed by atoms with Gasteiger partial charge in [-0.1, -0.05) is 18.2 Å². The van der Waals surface area contributed by atoms with Gasteiger partial charge in [-0.25, -0.2) is 13.2 Å². The number of rotatable bonds is 3. The molecule has 1 aliphatic rings. The Bertz CT molecular complexity index is 605. The Hall–Kier alpha value is -1.68. The van der Waals surface area contributed by atoms with Gasteiger partial charge in [0.25, 0.3) is 6.43 Å². The molecule has 1 heterocycles. The number of hydrogen-bond acceptors (Lipinski definition) is 1. The van der Waals surface area contributed by atoms with Crippen molar-refractivity contribution in [2.24, 2.45) is 0 Å². The van der Waals surface area contributed by atoms with E-state index in [1.165, 1.54) is 17.0 Å². The van der Waals surface area contributed by atoms with E-state index < -0.39 is 13.0 Å². The molecule has 0 unspecified atom stereocenters. The van der Waals surface area contributed by atoms with Gasteiger partial charge in [-0.15, -0.1) is 0 Å². The molecule has 0 bridgehead atoms. The predicted octanol–water partition coefficient (Wildman–Crippen LogP) is 4.69. The summed E-state index contributed by atoms with van der Waals surface area (Å²) in [6.45, 7) is 4.95. The number of benzene rings is 1. The zero-order chi connectivity index (χ0) is 14.9. The van der Waals surface area contributed by atoms with Crippen LogP contribution in [0, 0.1) is 12.7 Å². The van der Waals surface area contributed by atoms with E-state index >= 15 is 0 Å². The monoisotopic (exact) mass is 299 g/mol. The van der Waals surface area contributed by atoms with Crippen LogP contribution in [0.25, 0.3) is 5.70 Å². The molecule has 2 rings (SSSR count). The summed E-state index contributed by atoms with van der Waals surface area (Å²) in [6, 6.07) is 4.22. The summed E-state index contributed by atoms with van der Waals surface area (Å²) in [5, 5.41) is 0.314. The summed E-state index contributed by atoms with van der Waals surface area (Å²) in [7, 11) is 0. The Morgan fingerprint density at radius 3 is 2.60 bits per heavy atom. The van der Waals surface area contributed by atoms with Gasteiger partial charge in [0, 0.05) is 11.3 Å². The van der Waals surface area contributed by atoms with Gasteiger partial charge in [0.05, 0.1) is 17.3 Å². The third-order valence-corrected chi connectivity index (χ3v) is 3.41. The van der Waals surface area contributed by atoms with E-state index in [9.17, 15) is 13.2 Å². The lowest BCUT2D eigenvalue weighted by atomic mass is 10.0. The van der Waals surface area contributed by atoms with Crippen molar-refractivity contribution in [3.05, 3.63) is 64.6 Å². The SMILES string of the molecule is C=C1C(Cl)=CC=C(c2ccc(F)cc2C)N1CC(F)F. The number of nitrogens with zero attached hydrogens (tertiary/aromatic N) is 1. The molecule has 0 aliphatic carbocycles. The summed E-state index contributed by atoms with van der Waals surface area (Å²) < 4.78 is 38.6. The maximum absolute atomic E-state index is 13.2. The number of allylic oxidation sites excluding steroid dienone is 3. The third kappa shape index (κ3) is 2.90. The fraction of sp³-hybridized carbons (Fsp3) is 0.200. The number of alkyl halides is 2. The molecule has 1 aliphatic heterocycles. The van der Waals surface area contributed by atoms with Crippen LogP contribution in [0.15, 0.2) is 47.7 Å². The molecular formula is C15H13ClF3N. The molecule has 0 spiro atoms. The van der Waals surface area contributed by atoms with Crippen molar-refractivity contribution in [1.29, 1.82) is 0 Å². The molecule has 0 fully saturated rings. The summed E-state index contributed by atoms with van der Waals surface area (Å²) in [5.74, 6) is -0.365. The molecule has 0 saturated heterocycles. The fourth-order valence-corrected chi connectivity index (χ4v) is 2.27. The van der Waals surface area contributed by atoms with Crippen LogP contribution >= 0.6 is 11.6 Å². The maximum atomic E-state index is 13.2. The lowest BCUT2D eigenvalue weighted by Gasteiger charge is -2.32. The van der Waals surface area contributed by atoms with Gasteiger partial charge in [-0.05, 0) is 42.8 Å². The Balaban J connectivity index is 2.48. The van der Waals surface area contributed by atoms with Crippen molar-refractivity contribution in [1.82, 2.24) is 4.90 Å². The van der Waals surface area contributed by atoms with Crippen molar-refractivity contribution in [3.63, 3.8) is 0 Å². The minimum Gasteiger partial charge on any atom is -0.334 e. The van der Waals surface area contributed by atoms with Gasteiger partial charge in [-0.2, -0.15) is 0 Å². The molecule has 5 heteroatoms. The second-order valence-electron chi connectivity index (χ2n) is 4.47. The van der Waals surface area contributed by atoms with Gasteiger partial charge in [0.15, 0.2) is 0 Å². The highest BCUT2D eigenvalue weighted by atomic mass is 35.5. The maximum Gasteiger partial charge on any atom is 0.256 e. The quantitative estimate of drug-likeness (QED) is 0.782. The van der Waals surface area contributed by atoms with Crippen LogP contribution in [0.3, 0.4) is 0 Å². The van der Waals surface area contributed by atoms with Crippen LogP contribution in [0.4, 0.5) is 13.2 Å². The van der Waals surface area contributed by atoms with E-state index in [4.69, 9.17) is 11.6 Å². The summed E-state index contributed by atoms with van der Waals surface area (Å²) in [4.78, 5) is 1.35. The van der Waals surface area contributed by atoms with Crippen LogP contribution in [0.5, 0.6) is 0 Å². The van der Waals surface area contributed by atoms with E-state index in [-0.39, 0.29) is 5.82 Å². The molecule has 0 saturated carbocycles. The molecular weight excluding hydrogens is 287 g/mol. The molecule has 20 heavy (non-hydrogen) atoms. The normalized spacial score (nSPS) is 15.5. The number of aryl methyl sites for hydroxylation is 1. The first-order valence-corrected chi connectivity index (χ1v) is 6.37. The average molecular weight is 300 g/mol. The van der Waals surface area contributed by atoms with E-state index in [1.54, 1.807) is 25.1 Å². The largest absolute Gasteiger partial charge is 0.334 e. The van der Waals surface area contributed by atoms with E-state index in [0.717, 1.165) is 0 Å². The first-order valence-electron chi connectivity index (χ1n) is 5.99. The number of hydrogen-bond donors (Lipinski definition) is 0. The zero-order valence-electron chi connectivity index (χ0n) is 10.8. The average Bonchev–Trinajstić information content (AvgIpc) is 2.36. The van der Waals surface area contributed by atoms with Gasteiger partial charge in [0.1, 0.15) is 5.82 Å². The lowest BCUT2D eigenvalue weighted by molar-refractivity contribution is 0.123. The van der Waals surface area contributed by atoms with Gasteiger partial charge in [-0.3, -0.25) is 0 Å². The smallest absolute Gasteiger partial charge is 0.256 e. The highest BCUT2D eigenvalue weighted by Gasteiger charge is 2.24. The Morgan fingerprint density at radius 1 is 1.30 bits per heavy atom. The first-order chi connectivity index (χ1) is 9.40. The molecule has 0 atom stereocenters. The van der Waals surface area contributed by atoms with Gasteiger partial charge in [0.2, 0.25) is 0 Å². The molecule has 0 N–H and O–H groups in total. The standard InChI is InChI=1S/C15H13ClF3N/c1-9-7-11(17)3-4-12(9)14-6-5-13(16)10(2)20(14)8-15(18)19/h3-7,15H,2,8H2,1H3. The molecule has 106 valence electrons. The minimum atomic E-state index is -2.53. The van der Waals surface area contributed by atoms with E-state index in [0.29, 0.717) is 27.6 Å². The van der Waals surface area contributed by atoms with Crippen molar-refractivity contribution >= 4 is 17.3 Å².